The second-order valence-corrected chi connectivity index (χ2v) is 6.39. The minimum Gasteiger partial charge on any atom is -0.497 e. The first-order valence-corrected chi connectivity index (χ1v) is 8.85. The lowest BCUT2D eigenvalue weighted by Gasteiger charge is -2.22. The van der Waals surface area contributed by atoms with E-state index in [4.69, 9.17) is 4.74 Å². The number of carbonyl (C=O) groups is 1. The predicted molar refractivity (Wildman–Crippen MR) is 104 cm³/mol. The summed E-state index contributed by atoms with van der Waals surface area (Å²) in [6.45, 7) is 0.464. The predicted octanol–water partition coefficient (Wildman–Crippen LogP) is 3.67. The Morgan fingerprint density at radius 3 is 2.37 bits per heavy atom. The van der Waals surface area contributed by atoms with E-state index in [1.165, 1.54) is 6.33 Å². The molecular formula is C22H23N3O2. The second kappa shape index (κ2) is 8.94. The Labute approximate surface area is 159 Å². The summed E-state index contributed by atoms with van der Waals surface area (Å²) >= 11 is 0. The van der Waals surface area contributed by atoms with Crippen molar-refractivity contribution in [3.8, 4) is 5.75 Å². The number of nitrogens with zero attached hydrogens (tertiary/aromatic N) is 3. The van der Waals surface area contributed by atoms with Crippen LogP contribution in [0.3, 0.4) is 0 Å². The molecular weight excluding hydrogens is 338 g/mol. The number of aromatic nitrogens is 2. The monoisotopic (exact) mass is 361 g/mol. The van der Waals surface area contributed by atoms with Gasteiger partial charge in [0.1, 0.15) is 12.1 Å². The topological polar surface area (TPSA) is 55.3 Å². The van der Waals surface area contributed by atoms with Crippen LogP contribution in [0.2, 0.25) is 0 Å². The highest BCUT2D eigenvalue weighted by atomic mass is 16.5. The Morgan fingerprint density at radius 2 is 1.74 bits per heavy atom. The van der Waals surface area contributed by atoms with Crippen LogP contribution in [0, 0.1) is 0 Å². The molecule has 1 atom stereocenters. The van der Waals surface area contributed by atoms with E-state index in [-0.39, 0.29) is 11.8 Å². The molecule has 0 radical (unpaired) electrons. The number of rotatable bonds is 7. The molecule has 2 aromatic carbocycles. The SMILES string of the molecule is COc1ccc([C@H](CC(=O)N(C)Cc2ccncn2)c2ccccc2)cc1. The summed E-state index contributed by atoms with van der Waals surface area (Å²) in [7, 11) is 3.45. The van der Waals surface area contributed by atoms with Crippen LogP contribution in [0.4, 0.5) is 0 Å². The van der Waals surface area contributed by atoms with Crippen LogP contribution in [0.25, 0.3) is 0 Å². The lowest BCUT2D eigenvalue weighted by molar-refractivity contribution is -0.130. The minimum atomic E-state index is -0.0162. The molecule has 138 valence electrons. The van der Waals surface area contributed by atoms with Crippen LogP contribution < -0.4 is 4.74 Å². The minimum absolute atomic E-state index is 0.0162. The zero-order chi connectivity index (χ0) is 19.1. The smallest absolute Gasteiger partial charge is 0.223 e. The van der Waals surface area contributed by atoms with E-state index in [0.717, 1.165) is 22.6 Å². The maximum Gasteiger partial charge on any atom is 0.223 e. The summed E-state index contributed by atoms with van der Waals surface area (Å²) in [5, 5.41) is 0. The molecule has 5 heteroatoms. The zero-order valence-corrected chi connectivity index (χ0v) is 15.6. The third kappa shape index (κ3) is 4.91. The van der Waals surface area contributed by atoms with Crippen LogP contribution in [-0.4, -0.2) is 34.9 Å². The van der Waals surface area contributed by atoms with Crippen molar-refractivity contribution in [3.05, 3.63) is 90.0 Å². The Kier molecular flexibility index (Phi) is 6.15. The van der Waals surface area contributed by atoms with Crippen LogP contribution in [0.1, 0.15) is 29.2 Å². The van der Waals surface area contributed by atoms with Crippen molar-refractivity contribution in [2.24, 2.45) is 0 Å². The first kappa shape index (κ1) is 18.6. The standard InChI is InChI=1S/C22H23N3O2/c1-25(15-19-12-13-23-16-24-19)22(26)14-21(17-6-4-3-5-7-17)18-8-10-20(27-2)11-9-18/h3-13,16,21H,14-15H2,1-2H3/t21-/m1/s1. The first-order valence-electron chi connectivity index (χ1n) is 8.85. The third-order valence-electron chi connectivity index (χ3n) is 4.57. The summed E-state index contributed by atoms with van der Waals surface area (Å²) in [5.41, 5.74) is 3.03. The molecule has 0 unspecified atom stereocenters. The van der Waals surface area contributed by atoms with Gasteiger partial charge in [-0.1, -0.05) is 42.5 Å². The number of ether oxygens (including phenoxy) is 1. The molecule has 0 bridgehead atoms. The normalized spacial score (nSPS) is 11.6. The molecule has 0 aliphatic heterocycles. The molecule has 0 saturated heterocycles. The Hall–Kier alpha value is -3.21. The van der Waals surface area contributed by atoms with Gasteiger partial charge in [0.2, 0.25) is 5.91 Å². The molecule has 3 aromatic rings. The molecule has 1 aromatic heterocycles. The number of hydrogen-bond acceptors (Lipinski definition) is 4. The number of carbonyl (C=O) groups excluding carboxylic acids is 1. The summed E-state index contributed by atoms with van der Waals surface area (Å²) in [4.78, 5) is 22.7. The maximum absolute atomic E-state index is 12.9. The Morgan fingerprint density at radius 1 is 1.04 bits per heavy atom. The van der Waals surface area contributed by atoms with Gasteiger partial charge in [-0.05, 0) is 29.3 Å². The fraction of sp³-hybridized carbons (Fsp3) is 0.227. The fourth-order valence-electron chi connectivity index (χ4n) is 3.02. The highest BCUT2D eigenvalue weighted by Gasteiger charge is 2.21. The van der Waals surface area contributed by atoms with Gasteiger partial charge in [0.05, 0.1) is 19.3 Å². The average molecular weight is 361 g/mol. The van der Waals surface area contributed by atoms with Crippen LogP contribution >= 0.6 is 0 Å². The van der Waals surface area contributed by atoms with E-state index in [2.05, 4.69) is 22.1 Å². The summed E-state index contributed by atoms with van der Waals surface area (Å²) in [6, 6.07) is 19.8. The van der Waals surface area contributed by atoms with Gasteiger partial charge in [0.15, 0.2) is 0 Å². The van der Waals surface area contributed by atoms with Crippen LogP contribution in [-0.2, 0) is 11.3 Å². The van der Waals surface area contributed by atoms with E-state index in [0.29, 0.717) is 13.0 Å². The van der Waals surface area contributed by atoms with Crippen molar-refractivity contribution in [1.29, 1.82) is 0 Å². The van der Waals surface area contributed by atoms with Crippen molar-refractivity contribution in [1.82, 2.24) is 14.9 Å². The van der Waals surface area contributed by atoms with Gasteiger partial charge >= 0.3 is 0 Å². The van der Waals surface area contributed by atoms with Gasteiger partial charge in [0.25, 0.3) is 0 Å². The zero-order valence-electron chi connectivity index (χ0n) is 15.6. The molecule has 5 nitrogen and oxygen atoms in total. The molecule has 0 fully saturated rings. The second-order valence-electron chi connectivity index (χ2n) is 6.39. The fourth-order valence-corrected chi connectivity index (χ4v) is 3.02. The Balaban J connectivity index is 1.79. The molecule has 3 rings (SSSR count). The van der Waals surface area contributed by atoms with Gasteiger partial charge in [-0.3, -0.25) is 4.79 Å². The molecule has 1 heterocycles. The highest BCUT2D eigenvalue weighted by molar-refractivity contribution is 5.77. The number of amides is 1. The average Bonchev–Trinajstić information content (AvgIpc) is 2.73. The Bertz CT molecular complexity index is 852. The van der Waals surface area contributed by atoms with Gasteiger partial charge < -0.3 is 9.64 Å². The quantitative estimate of drug-likeness (QED) is 0.644. The molecule has 0 spiro atoms. The lowest BCUT2D eigenvalue weighted by Crippen LogP contribution is -2.28. The van der Waals surface area contributed by atoms with Crippen molar-refractivity contribution >= 4 is 5.91 Å². The van der Waals surface area contributed by atoms with Gasteiger partial charge in [-0.25, -0.2) is 9.97 Å². The molecule has 1 amide bonds. The van der Waals surface area contributed by atoms with E-state index >= 15 is 0 Å². The van der Waals surface area contributed by atoms with E-state index in [9.17, 15) is 4.79 Å². The van der Waals surface area contributed by atoms with E-state index in [1.54, 1.807) is 25.3 Å². The van der Waals surface area contributed by atoms with Crippen molar-refractivity contribution in [2.45, 2.75) is 18.9 Å². The molecule has 27 heavy (non-hydrogen) atoms. The molecule has 0 aliphatic rings. The molecule has 0 saturated carbocycles. The highest BCUT2D eigenvalue weighted by Crippen LogP contribution is 2.30. The van der Waals surface area contributed by atoms with E-state index < -0.39 is 0 Å². The van der Waals surface area contributed by atoms with Crippen LogP contribution in [0.5, 0.6) is 5.75 Å². The lowest BCUT2D eigenvalue weighted by atomic mass is 9.88. The third-order valence-corrected chi connectivity index (χ3v) is 4.57. The summed E-state index contributed by atoms with van der Waals surface area (Å²) in [5.74, 6) is 0.855. The van der Waals surface area contributed by atoms with Crippen molar-refractivity contribution in [2.75, 3.05) is 14.2 Å². The van der Waals surface area contributed by atoms with E-state index in [1.807, 2.05) is 48.5 Å². The van der Waals surface area contributed by atoms with Gasteiger partial charge in [-0.15, -0.1) is 0 Å². The first-order chi connectivity index (χ1) is 13.2. The number of benzene rings is 2. The summed E-state index contributed by atoms with van der Waals surface area (Å²) in [6.07, 6.45) is 3.57. The summed E-state index contributed by atoms with van der Waals surface area (Å²) < 4.78 is 5.25. The van der Waals surface area contributed by atoms with Gasteiger partial charge in [-0.2, -0.15) is 0 Å². The maximum atomic E-state index is 12.9. The van der Waals surface area contributed by atoms with Gasteiger partial charge in [0, 0.05) is 25.6 Å². The number of methoxy groups -OCH3 is 1. The molecule has 0 aliphatic carbocycles. The van der Waals surface area contributed by atoms with Crippen molar-refractivity contribution < 1.29 is 9.53 Å². The van der Waals surface area contributed by atoms with Crippen molar-refractivity contribution in [3.63, 3.8) is 0 Å². The molecule has 0 N–H and O–H groups in total. The van der Waals surface area contributed by atoms with Crippen LogP contribution in [0.15, 0.2) is 73.2 Å². The number of hydrogen-bond donors (Lipinski definition) is 0. The largest absolute Gasteiger partial charge is 0.497 e.